The quantitative estimate of drug-likeness (QED) is 0.722. The van der Waals surface area contributed by atoms with Gasteiger partial charge in [0.2, 0.25) is 10.0 Å². The number of rotatable bonds is 7. The van der Waals surface area contributed by atoms with Crippen molar-refractivity contribution in [1.82, 2.24) is 9.62 Å². The van der Waals surface area contributed by atoms with Crippen LogP contribution in [0.4, 0.5) is 0 Å². The number of carbonyl (C=O) groups excluding carboxylic acids is 1. The summed E-state index contributed by atoms with van der Waals surface area (Å²) in [7, 11) is -3.62. The maximum atomic E-state index is 12.6. The number of sulfonamides is 1. The predicted octanol–water partition coefficient (Wildman–Crippen LogP) is 3.24. The van der Waals surface area contributed by atoms with Crippen LogP contribution in [0.1, 0.15) is 18.4 Å². The molecule has 1 fully saturated rings. The number of nitrogens with one attached hydrogen (secondary N) is 1. The molecule has 0 radical (unpaired) electrons. The van der Waals surface area contributed by atoms with E-state index in [1.54, 1.807) is 30.0 Å². The molecule has 6 nitrogen and oxygen atoms in total. The highest BCUT2D eigenvalue weighted by Gasteiger charge is 2.25. The number of ether oxygens (including phenoxy) is 1. The first-order valence-corrected chi connectivity index (χ1v) is 11.4. The number of nitrogens with zero attached hydrogens (tertiary/aromatic N) is 1. The van der Waals surface area contributed by atoms with Crippen molar-refractivity contribution < 1.29 is 17.9 Å². The maximum Gasteiger partial charge on any atom is 0.260 e. The molecule has 0 atom stereocenters. The average Bonchev–Trinajstić information content (AvgIpc) is 2.73. The lowest BCUT2D eigenvalue weighted by Gasteiger charge is -2.32. The van der Waals surface area contributed by atoms with Crippen LogP contribution in [-0.2, 0) is 14.8 Å². The Bertz CT molecular complexity index is 942. The number of hydrogen-bond acceptors (Lipinski definition) is 4. The molecule has 156 valence electrons. The summed E-state index contributed by atoms with van der Waals surface area (Å²) in [6.45, 7) is 3.24. The number of para-hydroxylation sites is 1. The third-order valence-corrected chi connectivity index (χ3v) is 7.12. The minimum atomic E-state index is -3.62. The van der Waals surface area contributed by atoms with Crippen LogP contribution in [-0.4, -0.2) is 45.5 Å². The molecule has 2 aromatic rings. The van der Waals surface area contributed by atoms with Crippen molar-refractivity contribution in [1.29, 1.82) is 0 Å². The van der Waals surface area contributed by atoms with Crippen molar-refractivity contribution >= 4 is 27.5 Å². The number of hydrogen-bond donors (Lipinski definition) is 1. The molecule has 0 bridgehead atoms. The van der Waals surface area contributed by atoms with Gasteiger partial charge in [0.05, 0.1) is 4.90 Å². The molecule has 0 aliphatic carbocycles. The first kappa shape index (κ1) is 21.6. The zero-order valence-electron chi connectivity index (χ0n) is 16.3. The Balaban J connectivity index is 1.46. The molecule has 1 saturated heterocycles. The molecule has 1 amide bonds. The van der Waals surface area contributed by atoms with Gasteiger partial charge in [-0.2, -0.15) is 0 Å². The zero-order valence-corrected chi connectivity index (χ0v) is 17.9. The van der Waals surface area contributed by atoms with Crippen LogP contribution in [0.25, 0.3) is 0 Å². The summed E-state index contributed by atoms with van der Waals surface area (Å²) in [4.78, 5) is 14.3. The Labute approximate surface area is 176 Å². The number of benzene rings is 2. The fourth-order valence-corrected chi connectivity index (χ4v) is 4.94. The topological polar surface area (TPSA) is 75.7 Å². The van der Waals surface area contributed by atoms with E-state index in [0.717, 1.165) is 12.8 Å². The van der Waals surface area contributed by atoms with Gasteiger partial charge in [-0.3, -0.25) is 4.79 Å². The van der Waals surface area contributed by atoms with E-state index in [-0.39, 0.29) is 23.3 Å². The molecule has 8 heteroatoms. The van der Waals surface area contributed by atoms with Crippen molar-refractivity contribution in [2.75, 3.05) is 26.2 Å². The van der Waals surface area contributed by atoms with E-state index < -0.39 is 10.0 Å². The fraction of sp³-hybridized carbons (Fsp3) is 0.381. The standard InChI is InChI=1S/C21H25ClN2O4S/c1-16-19(22)8-5-9-20(16)29(26,27)23-14-17-10-12-24(13-11-17)21(25)15-28-18-6-3-2-4-7-18/h2-9,17,23H,10-15H2,1H3. The van der Waals surface area contributed by atoms with Crippen LogP contribution >= 0.6 is 11.6 Å². The van der Waals surface area contributed by atoms with Crippen molar-refractivity contribution in [3.05, 3.63) is 59.1 Å². The van der Waals surface area contributed by atoms with Gasteiger partial charge in [0.1, 0.15) is 5.75 Å². The fourth-order valence-electron chi connectivity index (χ4n) is 3.32. The second-order valence-electron chi connectivity index (χ2n) is 7.14. The number of amides is 1. The van der Waals surface area contributed by atoms with Gasteiger partial charge in [-0.15, -0.1) is 0 Å². The SMILES string of the molecule is Cc1c(Cl)cccc1S(=O)(=O)NCC1CCN(C(=O)COc2ccccc2)CC1. The van der Waals surface area contributed by atoms with Crippen LogP contribution in [0.5, 0.6) is 5.75 Å². The van der Waals surface area contributed by atoms with E-state index in [2.05, 4.69) is 4.72 Å². The Kier molecular flexibility index (Phi) is 7.16. The molecule has 29 heavy (non-hydrogen) atoms. The lowest BCUT2D eigenvalue weighted by Crippen LogP contribution is -2.43. The van der Waals surface area contributed by atoms with E-state index in [4.69, 9.17) is 16.3 Å². The summed E-state index contributed by atoms with van der Waals surface area (Å²) in [5, 5.41) is 0.428. The van der Waals surface area contributed by atoms with Gasteiger partial charge in [0.15, 0.2) is 6.61 Å². The second-order valence-corrected chi connectivity index (χ2v) is 9.28. The summed E-state index contributed by atoms with van der Waals surface area (Å²) in [5.41, 5.74) is 0.542. The molecule has 0 unspecified atom stereocenters. The molecular formula is C21H25ClN2O4S. The van der Waals surface area contributed by atoms with Gasteiger partial charge in [-0.25, -0.2) is 13.1 Å². The third kappa shape index (κ3) is 5.72. The smallest absolute Gasteiger partial charge is 0.260 e. The first-order valence-electron chi connectivity index (χ1n) is 9.57. The van der Waals surface area contributed by atoms with Crippen molar-refractivity contribution in [2.24, 2.45) is 5.92 Å². The second kappa shape index (κ2) is 9.61. The number of likely N-dealkylation sites (tertiary alicyclic amines) is 1. The molecule has 0 saturated carbocycles. The van der Waals surface area contributed by atoms with Gasteiger partial charge in [0.25, 0.3) is 5.91 Å². The van der Waals surface area contributed by atoms with Gasteiger partial charge >= 0.3 is 0 Å². The summed E-state index contributed by atoms with van der Waals surface area (Å²) in [6, 6.07) is 14.1. The number of carbonyl (C=O) groups is 1. The van der Waals surface area contributed by atoms with E-state index in [0.29, 0.717) is 36.0 Å². The van der Waals surface area contributed by atoms with Crippen LogP contribution in [0.2, 0.25) is 5.02 Å². The van der Waals surface area contributed by atoms with Crippen LogP contribution in [0.3, 0.4) is 0 Å². The van der Waals surface area contributed by atoms with Crippen molar-refractivity contribution in [2.45, 2.75) is 24.7 Å². The van der Waals surface area contributed by atoms with E-state index in [1.807, 2.05) is 30.3 Å². The van der Waals surface area contributed by atoms with E-state index >= 15 is 0 Å². The highest BCUT2D eigenvalue weighted by molar-refractivity contribution is 7.89. The minimum Gasteiger partial charge on any atom is -0.484 e. The van der Waals surface area contributed by atoms with Crippen LogP contribution < -0.4 is 9.46 Å². The Morgan fingerprint density at radius 1 is 1.14 bits per heavy atom. The molecule has 3 rings (SSSR count). The monoisotopic (exact) mass is 436 g/mol. The normalized spacial score (nSPS) is 15.3. The Morgan fingerprint density at radius 3 is 2.52 bits per heavy atom. The molecule has 2 aromatic carbocycles. The van der Waals surface area contributed by atoms with Gasteiger partial charge in [-0.1, -0.05) is 35.9 Å². The predicted molar refractivity (Wildman–Crippen MR) is 113 cm³/mol. The molecule has 1 N–H and O–H groups in total. The zero-order chi connectivity index (χ0) is 20.9. The molecule has 1 heterocycles. The Hall–Kier alpha value is -2.09. The third-order valence-electron chi connectivity index (χ3n) is 5.14. The molecule has 0 aromatic heterocycles. The highest BCUT2D eigenvalue weighted by atomic mass is 35.5. The summed E-state index contributed by atoms with van der Waals surface area (Å²) >= 11 is 6.04. The van der Waals surface area contributed by atoms with Gasteiger partial charge in [0, 0.05) is 24.7 Å². The summed E-state index contributed by atoms with van der Waals surface area (Å²) in [6.07, 6.45) is 1.49. The molecule has 1 aliphatic heterocycles. The maximum absolute atomic E-state index is 12.6. The van der Waals surface area contributed by atoms with E-state index in [9.17, 15) is 13.2 Å². The molecular weight excluding hydrogens is 412 g/mol. The lowest BCUT2D eigenvalue weighted by atomic mass is 9.97. The number of piperidine rings is 1. The van der Waals surface area contributed by atoms with Crippen molar-refractivity contribution in [3.63, 3.8) is 0 Å². The van der Waals surface area contributed by atoms with Crippen LogP contribution in [0, 0.1) is 12.8 Å². The van der Waals surface area contributed by atoms with Gasteiger partial charge < -0.3 is 9.64 Å². The van der Waals surface area contributed by atoms with Crippen molar-refractivity contribution in [3.8, 4) is 5.75 Å². The summed E-state index contributed by atoms with van der Waals surface area (Å²) < 4.78 is 33.4. The largest absolute Gasteiger partial charge is 0.484 e. The Morgan fingerprint density at radius 2 is 1.83 bits per heavy atom. The number of halogens is 1. The molecule has 1 aliphatic rings. The lowest BCUT2D eigenvalue weighted by molar-refractivity contribution is -0.134. The minimum absolute atomic E-state index is 0.00928. The summed E-state index contributed by atoms with van der Waals surface area (Å²) in [5.74, 6) is 0.798. The van der Waals surface area contributed by atoms with Crippen LogP contribution in [0.15, 0.2) is 53.4 Å². The van der Waals surface area contributed by atoms with Gasteiger partial charge in [-0.05, 0) is 55.5 Å². The molecule has 0 spiro atoms. The first-order chi connectivity index (χ1) is 13.9. The average molecular weight is 437 g/mol. The highest BCUT2D eigenvalue weighted by Crippen LogP contribution is 2.23. The van der Waals surface area contributed by atoms with E-state index in [1.165, 1.54) is 0 Å².